The third-order valence-electron chi connectivity index (χ3n) is 3.02. The van der Waals surface area contributed by atoms with Gasteiger partial charge < -0.3 is 4.74 Å². The molecule has 1 N–H and O–H groups in total. The van der Waals surface area contributed by atoms with Gasteiger partial charge in [0.25, 0.3) is 0 Å². The lowest BCUT2D eigenvalue weighted by Gasteiger charge is -2.10. The highest BCUT2D eigenvalue weighted by atomic mass is 35.5. The molecule has 1 aromatic carbocycles. The van der Waals surface area contributed by atoms with E-state index in [9.17, 15) is 18.0 Å². The van der Waals surface area contributed by atoms with Crippen LogP contribution in [0.15, 0.2) is 47.7 Å². The second-order valence-electron chi connectivity index (χ2n) is 4.64. The van der Waals surface area contributed by atoms with Gasteiger partial charge >= 0.3 is 11.9 Å². The highest BCUT2D eigenvalue weighted by Crippen LogP contribution is 2.34. The van der Waals surface area contributed by atoms with Crippen LogP contribution in [0.2, 0.25) is 5.02 Å². The number of benzene rings is 1. The lowest BCUT2D eigenvalue weighted by molar-refractivity contribution is -0.137. The molecule has 0 saturated carbocycles. The van der Waals surface area contributed by atoms with E-state index in [4.69, 9.17) is 16.3 Å². The van der Waals surface area contributed by atoms with Crippen LogP contribution in [0.5, 0.6) is 11.6 Å². The molecular weight excluding hydrogens is 349 g/mol. The van der Waals surface area contributed by atoms with Crippen molar-refractivity contribution in [3.05, 3.63) is 63.9 Å². The van der Waals surface area contributed by atoms with Crippen LogP contribution in [-0.4, -0.2) is 19.7 Å². The van der Waals surface area contributed by atoms with Crippen LogP contribution in [0.1, 0.15) is 5.56 Å². The second kappa shape index (κ2) is 6.00. The van der Waals surface area contributed by atoms with E-state index in [1.54, 1.807) is 12.1 Å². The molecule has 0 bridgehead atoms. The number of nitrogens with one attached hydrogen (secondary N) is 1. The van der Waals surface area contributed by atoms with E-state index in [1.165, 1.54) is 23.0 Å². The van der Waals surface area contributed by atoms with Crippen LogP contribution in [0.4, 0.5) is 13.2 Å². The molecule has 0 saturated heterocycles. The Labute approximate surface area is 137 Å². The Morgan fingerprint density at radius 2 is 1.92 bits per heavy atom. The first-order valence-corrected chi connectivity index (χ1v) is 6.85. The van der Waals surface area contributed by atoms with Gasteiger partial charge in [0.2, 0.25) is 5.88 Å². The predicted octanol–water partition coefficient (Wildman–Crippen LogP) is 3.42. The number of H-pyrrole nitrogens is 1. The number of nitrogens with zero attached hydrogens (tertiary/aromatic N) is 3. The highest BCUT2D eigenvalue weighted by Gasteiger charge is 2.31. The van der Waals surface area contributed by atoms with Gasteiger partial charge in [-0.3, -0.25) is 0 Å². The standard InChI is InChI=1S/C14H8ClF3N4O2/c15-11-5-8(14(16,17)18)6-19-12(11)24-10-3-1-9(2-4-10)22-7-20-21-13(22)23/h1-7H,(H,21,23). The summed E-state index contributed by atoms with van der Waals surface area (Å²) in [6, 6.07) is 6.92. The van der Waals surface area contributed by atoms with Crippen LogP contribution in [0.25, 0.3) is 5.69 Å². The maximum atomic E-state index is 12.6. The van der Waals surface area contributed by atoms with E-state index in [1.807, 2.05) is 0 Å². The summed E-state index contributed by atoms with van der Waals surface area (Å²) < 4.78 is 44.3. The fourth-order valence-electron chi connectivity index (χ4n) is 1.87. The monoisotopic (exact) mass is 356 g/mol. The van der Waals surface area contributed by atoms with Gasteiger partial charge in [0, 0.05) is 6.20 Å². The van der Waals surface area contributed by atoms with Crippen molar-refractivity contribution in [2.75, 3.05) is 0 Å². The van der Waals surface area contributed by atoms with Crippen LogP contribution in [-0.2, 0) is 6.18 Å². The number of halogens is 4. The Kier molecular flexibility index (Phi) is 4.02. The number of rotatable bonds is 3. The van der Waals surface area contributed by atoms with Crippen molar-refractivity contribution in [1.29, 1.82) is 0 Å². The van der Waals surface area contributed by atoms with Crippen molar-refractivity contribution in [1.82, 2.24) is 19.7 Å². The Morgan fingerprint density at radius 3 is 2.46 bits per heavy atom. The number of alkyl halides is 3. The molecule has 0 amide bonds. The molecule has 2 aromatic heterocycles. The van der Waals surface area contributed by atoms with E-state index >= 15 is 0 Å². The molecule has 0 unspecified atom stereocenters. The Balaban J connectivity index is 1.82. The van der Waals surface area contributed by atoms with Crippen molar-refractivity contribution in [2.24, 2.45) is 0 Å². The first kappa shape index (κ1) is 16.1. The molecule has 6 nitrogen and oxygen atoms in total. The van der Waals surface area contributed by atoms with Crippen molar-refractivity contribution in [3.63, 3.8) is 0 Å². The highest BCUT2D eigenvalue weighted by molar-refractivity contribution is 6.31. The predicted molar refractivity (Wildman–Crippen MR) is 78.5 cm³/mol. The molecule has 2 heterocycles. The number of hydrogen-bond acceptors (Lipinski definition) is 4. The third kappa shape index (κ3) is 3.25. The molecule has 0 atom stereocenters. The van der Waals surface area contributed by atoms with Crippen LogP contribution in [0.3, 0.4) is 0 Å². The summed E-state index contributed by atoms with van der Waals surface area (Å²) in [5.74, 6) is 0.141. The number of ether oxygens (including phenoxy) is 1. The zero-order chi connectivity index (χ0) is 17.3. The minimum Gasteiger partial charge on any atom is -0.438 e. The number of hydrogen-bond donors (Lipinski definition) is 1. The van der Waals surface area contributed by atoms with E-state index in [0.717, 1.165) is 6.07 Å². The molecule has 0 aliphatic heterocycles. The van der Waals surface area contributed by atoms with E-state index in [0.29, 0.717) is 17.6 Å². The van der Waals surface area contributed by atoms with Gasteiger partial charge in [-0.25, -0.2) is 19.4 Å². The van der Waals surface area contributed by atoms with Crippen molar-refractivity contribution < 1.29 is 17.9 Å². The van der Waals surface area contributed by atoms with Gasteiger partial charge in [-0.05, 0) is 30.3 Å². The lowest BCUT2D eigenvalue weighted by Crippen LogP contribution is -2.13. The maximum Gasteiger partial charge on any atom is 0.417 e. The largest absolute Gasteiger partial charge is 0.438 e. The smallest absolute Gasteiger partial charge is 0.417 e. The lowest BCUT2D eigenvalue weighted by atomic mass is 10.3. The summed E-state index contributed by atoms with van der Waals surface area (Å²) in [6.45, 7) is 0. The molecule has 0 radical (unpaired) electrons. The zero-order valence-electron chi connectivity index (χ0n) is 11.7. The molecule has 0 aliphatic rings. The second-order valence-corrected chi connectivity index (χ2v) is 5.04. The fraction of sp³-hybridized carbons (Fsp3) is 0.0714. The normalized spacial score (nSPS) is 11.5. The Bertz CT molecular complexity index is 919. The van der Waals surface area contributed by atoms with Gasteiger partial charge in [-0.1, -0.05) is 11.6 Å². The summed E-state index contributed by atoms with van der Waals surface area (Å²) in [5.41, 5.74) is -0.835. The van der Waals surface area contributed by atoms with Gasteiger partial charge in [0.1, 0.15) is 17.1 Å². The quantitative estimate of drug-likeness (QED) is 0.780. The summed E-state index contributed by atoms with van der Waals surface area (Å²) in [6.07, 6.45) is -2.58. The average Bonchev–Trinajstić information content (AvgIpc) is 2.95. The average molecular weight is 357 g/mol. The summed E-state index contributed by atoms with van der Waals surface area (Å²) >= 11 is 5.77. The molecule has 3 aromatic rings. The summed E-state index contributed by atoms with van der Waals surface area (Å²) in [7, 11) is 0. The molecular formula is C14H8ClF3N4O2. The maximum absolute atomic E-state index is 12.6. The molecule has 24 heavy (non-hydrogen) atoms. The Morgan fingerprint density at radius 1 is 1.21 bits per heavy atom. The van der Waals surface area contributed by atoms with E-state index < -0.39 is 17.4 Å². The SMILES string of the molecule is O=c1[nH]ncn1-c1ccc(Oc2ncc(C(F)(F)F)cc2Cl)cc1. The molecule has 10 heteroatoms. The minimum absolute atomic E-state index is 0.155. The van der Waals surface area contributed by atoms with Crippen LogP contribution >= 0.6 is 11.6 Å². The number of pyridine rings is 1. The molecule has 124 valence electrons. The van der Waals surface area contributed by atoms with Crippen LogP contribution < -0.4 is 10.4 Å². The van der Waals surface area contributed by atoms with Gasteiger partial charge in [0.05, 0.1) is 11.3 Å². The third-order valence-corrected chi connectivity index (χ3v) is 3.29. The van der Waals surface area contributed by atoms with E-state index in [2.05, 4.69) is 15.2 Å². The molecule has 0 spiro atoms. The van der Waals surface area contributed by atoms with Crippen molar-refractivity contribution >= 4 is 11.6 Å². The van der Waals surface area contributed by atoms with Gasteiger partial charge in [-0.15, -0.1) is 0 Å². The Hall–Kier alpha value is -2.81. The van der Waals surface area contributed by atoms with Crippen LogP contribution in [0, 0.1) is 0 Å². The minimum atomic E-state index is -4.53. The number of aromatic nitrogens is 4. The zero-order valence-corrected chi connectivity index (χ0v) is 12.5. The van der Waals surface area contributed by atoms with Crippen molar-refractivity contribution in [2.45, 2.75) is 6.18 Å². The first-order chi connectivity index (χ1) is 11.3. The summed E-state index contributed by atoms with van der Waals surface area (Å²) in [4.78, 5) is 15.0. The van der Waals surface area contributed by atoms with E-state index in [-0.39, 0.29) is 10.9 Å². The number of aromatic amines is 1. The molecule has 0 aliphatic carbocycles. The molecule has 0 fully saturated rings. The topological polar surface area (TPSA) is 72.8 Å². The fourth-order valence-corrected chi connectivity index (χ4v) is 2.08. The first-order valence-electron chi connectivity index (χ1n) is 6.47. The van der Waals surface area contributed by atoms with Gasteiger partial charge in [-0.2, -0.15) is 18.3 Å². The van der Waals surface area contributed by atoms with Gasteiger partial charge in [0.15, 0.2) is 0 Å². The van der Waals surface area contributed by atoms with Crippen molar-refractivity contribution in [3.8, 4) is 17.3 Å². The molecule has 3 rings (SSSR count). The summed E-state index contributed by atoms with van der Waals surface area (Å²) in [5, 5.41) is 5.59.